The van der Waals surface area contributed by atoms with Gasteiger partial charge in [0.1, 0.15) is 0 Å². The number of alkyl halides is 2. The lowest BCUT2D eigenvalue weighted by molar-refractivity contribution is -0.118. The molecule has 0 radical (unpaired) electrons. The van der Waals surface area contributed by atoms with E-state index in [0.717, 1.165) is 22.7 Å². The average Bonchev–Trinajstić information content (AvgIpc) is 3.27. The van der Waals surface area contributed by atoms with Gasteiger partial charge in [-0.1, -0.05) is 6.58 Å². The Balaban J connectivity index is 1.75. The van der Waals surface area contributed by atoms with Gasteiger partial charge >= 0.3 is 0 Å². The van der Waals surface area contributed by atoms with Gasteiger partial charge in [-0.25, -0.2) is 13.3 Å². The van der Waals surface area contributed by atoms with Crippen LogP contribution in [0.3, 0.4) is 0 Å². The van der Waals surface area contributed by atoms with Crippen molar-refractivity contribution in [3.63, 3.8) is 0 Å². The summed E-state index contributed by atoms with van der Waals surface area (Å²) in [7, 11) is 1.81. The van der Waals surface area contributed by atoms with E-state index in [1.165, 1.54) is 0 Å². The second-order valence-electron chi connectivity index (χ2n) is 7.03. The molecule has 0 saturated carbocycles. The van der Waals surface area contributed by atoms with Crippen molar-refractivity contribution >= 4 is 17.1 Å². The number of carbonyl (C=O) groups excluding carboxylic acids is 1. The minimum atomic E-state index is -2.93. The van der Waals surface area contributed by atoms with Crippen LogP contribution in [0.25, 0.3) is 16.6 Å². The van der Waals surface area contributed by atoms with Crippen LogP contribution in [0.2, 0.25) is 0 Å². The van der Waals surface area contributed by atoms with Crippen molar-refractivity contribution in [3.8, 4) is 11.1 Å². The molecule has 1 unspecified atom stereocenters. The summed E-state index contributed by atoms with van der Waals surface area (Å²) >= 11 is 0. The van der Waals surface area contributed by atoms with Crippen molar-refractivity contribution in [1.29, 1.82) is 0 Å². The molecular weight excluding hydrogens is 366 g/mol. The molecule has 1 N–H and O–H groups in total. The Morgan fingerprint density at radius 2 is 2.18 bits per heavy atom. The molecule has 4 rings (SSSR count). The fraction of sp³-hybridized carbons (Fsp3) is 0.316. The molecule has 0 spiro atoms. The molecule has 1 aliphatic rings. The third-order valence-corrected chi connectivity index (χ3v) is 4.80. The highest BCUT2D eigenvalue weighted by atomic mass is 19.3. The maximum atomic E-state index is 14.4. The van der Waals surface area contributed by atoms with E-state index >= 15 is 0 Å². The van der Waals surface area contributed by atoms with Gasteiger partial charge in [0.15, 0.2) is 0 Å². The zero-order chi connectivity index (χ0) is 19.9. The Bertz CT molecular complexity index is 1040. The molecule has 0 aliphatic carbocycles. The predicted octanol–water partition coefficient (Wildman–Crippen LogP) is 2.25. The van der Waals surface area contributed by atoms with Crippen LogP contribution in [-0.2, 0) is 11.8 Å². The number of aryl methyl sites for hydroxylation is 1. The van der Waals surface area contributed by atoms with Crippen LogP contribution in [0.4, 0.5) is 14.5 Å². The molecule has 0 bridgehead atoms. The highest BCUT2D eigenvalue weighted by molar-refractivity contribution is 5.87. The van der Waals surface area contributed by atoms with E-state index in [0.29, 0.717) is 5.69 Å². The first-order chi connectivity index (χ1) is 13.3. The number of nitrogens with one attached hydrogen (secondary N) is 1. The van der Waals surface area contributed by atoms with Crippen molar-refractivity contribution in [2.45, 2.75) is 18.4 Å². The van der Waals surface area contributed by atoms with Crippen LogP contribution < -0.4 is 10.2 Å². The van der Waals surface area contributed by atoms with Crippen LogP contribution in [0.15, 0.2) is 49.6 Å². The number of halogens is 2. The van der Waals surface area contributed by atoms with Gasteiger partial charge in [-0.15, -0.1) is 0 Å². The molecular formula is C19H20F2N6O. The van der Waals surface area contributed by atoms with Crippen molar-refractivity contribution in [3.05, 3.63) is 49.6 Å². The van der Waals surface area contributed by atoms with E-state index in [2.05, 4.69) is 22.1 Å². The molecule has 9 heteroatoms. The number of amides is 1. The number of hydrogen-bond acceptors (Lipinski definition) is 4. The normalized spacial score (nSPS) is 19.0. The number of fused-ring (bicyclic) bond motifs is 1. The Morgan fingerprint density at radius 3 is 2.89 bits per heavy atom. The minimum absolute atomic E-state index is 0.270. The molecule has 1 amide bonds. The van der Waals surface area contributed by atoms with Crippen LogP contribution in [0, 0.1) is 0 Å². The van der Waals surface area contributed by atoms with Gasteiger partial charge in [0.05, 0.1) is 36.2 Å². The van der Waals surface area contributed by atoms with Gasteiger partial charge in [0, 0.05) is 43.5 Å². The number of anilines is 1. The topological polar surface area (TPSA) is 67.5 Å². The summed E-state index contributed by atoms with van der Waals surface area (Å²) in [4.78, 5) is 13.2. The second kappa shape index (κ2) is 6.74. The van der Waals surface area contributed by atoms with Crippen molar-refractivity contribution < 1.29 is 13.6 Å². The van der Waals surface area contributed by atoms with Crippen LogP contribution in [0.1, 0.15) is 6.42 Å². The summed E-state index contributed by atoms with van der Waals surface area (Å²) in [5.74, 6) is -3.39. The summed E-state index contributed by atoms with van der Waals surface area (Å²) in [6.07, 6.45) is 7.73. The van der Waals surface area contributed by atoms with Gasteiger partial charge < -0.3 is 10.2 Å². The zero-order valence-corrected chi connectivity index (χ0v) is 15.3. The zero-order valence-electron chi connectivity index (χ0n) is 15.3. The first kappa shape index (κ1) is 18.1. The number of pyridine rings is 1. The number of hydrogen-bond donors (Lipinski definition) is 1. The second-order valence-corrected chi connectivity index (χ2v) is 7.03. The van der Waals surface area contributed by atoms with Gasteiger partial charge in [-0.3, -0.25) is 9.48 Å². The van der Waals surface area contributed by atoms with Crippen molar-refractivity contribution in [2.75, 3.05) is 18.0 Å². The molecule has 28 heavy (non-hydrogen) atoms. The summed E-state index contributed by atoms with van der Waals surface area (Å²) in [5.41, 5.74) is 3.04. The Hall–Kier alpha value is -3.23. The Labute approximate surface area is 160 Å². The molecule has 1 fully saturated rings. The smallest absolute Gasteiger partial charge is 0.267 e. The number of carbonyl (C=O) groups is 1. The van der Waals surface area contributed by atoms with E-state index in [1.54, 1.807) is 32.6 Å². The van der Waals surface area contributed by atoms with Crippen LogP contribution >= 0.6 is 0 Å². The van der Waals surface area contributed by atoms with E-state index < -0.39 is 30.8 Å². The van der Waals surface area contributed by atoms with E-state index in [4.69, 9.17) is 0 Å². The molecule has 0 aromatic carbocycles. The van der Waals surface area contributed by atoms with Gasteiger partial charge in [0.25, 0.3) is 5.92 Å². The minimum Gasteiger partial charge on any atom is -0.362 e. The molecule has 4 heterocycles. The van der Waals surface area contributed by atoms with E-state index in [-0.39, 0.29) is 6.54 Å². The summed E-state index contributed by atoms with van der Waals surface area (Å²) < 4.78 is 32.2. The number of piperidine rings is 1. The number of aromatic nitrogens is 4. The lowest BCUT2D eigenvalue weighted by Gasteiger charge is -2.39. The molecule has 3 aromatic heterocycles. The lowest BCUT2D eigenvalue weighted by atomic mass is 10.0. The highest BCUT2D eigenvalue weighted by Gasteiger charge is 2.41. The molecule has 1 saturated heterocycles. The maximum absolute atomic E-state index is 14.4. The molecule has 1 aliphatic heterocycles. The molecule has 7 nitrogen and oxygen atoms in total. The summed E-state index contributed by atoms with van der Waals surface area (Å²) in [5, 5.41) is 11.1. The standard InChI is InChI=1S/C19H20F2N6O/c1-3-18(28)24-15-7-19(20,21)12-26(11-15)17-6-13(14-8-23-25(2)9-14)10-27-16(17)4-5-22-27/h3-6,8-10,15H,1,7,11-12H2,2H3,(H,24,28). The predicted molar refractivity (Wildman–Crippen MR) is 101 cm³/mol. The number of rotatable bonds is 4. The Kier molecular flexibility index (Phi) is 4.37. The fourth-order valence-corrected chi connectivity index (χ4v) is 3.63. The fourth-order valence-electron chi connectivity index (χ4n) is 3.63. The van der Waals surface area contributed by atoms with Crippen LogP contribution in [-0.4, -0.2) is 50.4 Å². The highest BCUT2D eigenvalue weighted by Crippen LogP contribution is 2.34. The quantitative estimate of drug-likeness (QED) is 0.699. The summed E-state index contributed by atoms with van der Waals surface area (Å²) in [6.45, 7) is 3.23. The lowest BCUT2D eigenvalue weighted by Crippen LogP contribution is -2.55. The molecule has 3 aromatic rings. The SMILES string of the molecule is C=CC(=O)NC1CN(c2cc(-c3cnn(C)c3)cn3nccc23)CC(F)(F)C1. The van der Waals surface area contributed by atoms with E-state index in [1.807, 2.05) is 25.5 Å². The van der Waals surface area contributed by atoms with Crippen molar-refractivity contribution in [2.24, 2.45) is 7.05 Å². The van der Waals surface area contributed by atoms with E-state index in [9.17, 15) is 13.6 Å². The van der Waals surface area contributed by atoms with Crippen LogP contribution in [0.5, 0.6) is 0 Å². The third kappa shape index (κ3) is 3.47. The van der Waals surface area contributed by atoms with Gasteiger partial charge in [-0.05, 0) is 18.2 Å². The monoisotopic (exact) mass is 386 g/mol. The summed E-state index contributed by atoms with van der Waals surface area (Å²) in [6, 6.07) is 2.97. The number of nitrogens with zero attached hydrogens (tertiary/aromatic N) is 5. The molecule has 1 atom stereocenters. The first-order valence-corrected chi connectivity index (χ1v) is 8.87. The maximum Gasteiger partial charge on any atom is 0.267 e. The largest absolute Gasteiger partial charge is 0.362 e. The average molecular weight is 386 g/mol. The first-order valence-electron chi connectivity index (χ1n) is 8.87. The van der Waals surface area contributed by atoms with Crippen molar-refractivity contribution in [1.82, 2.24) is 24.7 Å². The molecule has 146 valence electrons. The third-order valence-electron chi connectivity index (χ3n) is 4.80. The van der Waals surface area contributed by atoms with Gasteiger partial charge in [0.2, 0.25) is 5.91 Å². The Morgan fingerprint density at radius 1 is 1.36 bits per heavy atom. The van der Waals surface area contributed by atoms with Gasteiger partial charge in [-0.2, -0.15) is 10.2 Å².